The Balaban J connectivity index is 1.89. The van der Waals surface area contributed by atoms with Crippen molar-refractivity contribution in [2.24, 2.45) is 0 Å². The third-order valence-electron chi connectivity index (χ3n) is 2.38. The molecule has 0 aliphatic rings. The van der Waals surface area contributed by atoms with Crippen LogP contribution in [0.25, 0.3) is 0 Å². The molecule has 0 radical (unpaired) electrons. The predicted octanol–water partition coefficient (Wildman–Crippen LogP) is 2.69. The SMILES string of the molecule is CCCNc1cnc(CSc2nccc(C)n2)cn1. The van der Waals surface area contributed by atoms with Gasteiger partial charge in [-0.2, -0.15) is 0 Å². The second-order valence-electron chi connectivity index (χ2n) is 4.09. The van der Waals surface area contributed by atoms with E-state index in [0.717, 1.165) is 41.1 Å². The van der Waals surface area contributed by atoms with Crippen LogP contribution in [0.2, 0.25) is 0 Å². The quantitative estimate of drug-likeness (QED) is 0.646. The number of nitrogens with zero attached hydrogens (tertiary/aromatic N) is 4. The zero-order valence-corrected chi connectivity index (χ0v) is 11.9. The molecule has 0 amide bonds. The second kappa shape index (κ2) is 7.04. The van der Waals surface area contributed by atoms with Gasteiger partial charge >= 0.3 is 0 Å². The van der Waals surface area contributed by atoms with Gasteiger partial charge in [0.2, 0.25) is 0 Å². The Morgan fingerprint density at radius 1 is 1.21 bits per heavy atom. The van der Waals surface area contributed by atoms with E-state index in [1.54, 1.807) is 30.4 Å². The van der Waals surface area contributed by atoms with Crippen LogP contribution in [-0.2, 0) is 5.75 Å². The van der Waals surface area contributed by atoms with E-state index in [2.05, 4.69) is 32.2 Å². The number of hydrogen-bond acceptors (Lipinski definition) is 6. The molecule has 2 rings (SSSR count). The van der Waals surface area contributed by atoms with E-state index >= 15 is 0 Å². The van der Waals surface area contributed by atoms with Crippen molar-refractivity contribution < 1.29 is 0 Å². The Morgan fingerprint density at radius 3 is 2.79 bits per heavy atom. The molecule has 6 heteroatoms. The fourth-order valence-electron chi connectivity index (χ4n) is 1.41. The number of rotatable bonds is 6. The summed E-state index contributed by atoms with van der Waals surface area (Å²) in [6.07, 6.45) is 6.40. The Morgan fingerprint density at radius 2 is 2.11 bits per heavy atom. The van der Waals surface area contributed by atoms with Crippen LogP contribution in [-0.4, -0.2) is 26.5 Å². The zero-order chi connectivity index (χ0) is 13.5. The molecular weight excluding hydrogens is 258 g/mol. The molecule has 0 aromatic carbocycles. The molecule has 100 valence electrons. The van der Waals surface area contributed by atoms with Crippen molar-refractivity contribution in [2.45, 2.75) is 31.2 Å². The van der Waals surface area contributed by atoms with E-state index in [1.807, 2.05) is 13.0 Å². The van der Waals surface area contributed by atoms with Crippen molar-refractivity contribution in [1.82, 2.24) is 19.9 Å². The van der Waals surface area contributed by atoms with Gasteiger partial charge in [-0.25, -0.2) is 15.0 Å². The molecule has 0 fully saturated rings. The highest BCUT2D eigenvalue weighted by Crippen LogP contribution is 2.17. The van der Waals surface area contributed by atoms with Gasteiger partial charge in [-0.3, -0.25) is 4.98 Å². The molecule has 2 aromatic rings. The number of thioether (sulfide) groups is 1. The largest absolute Gasteiger partial charge is 0.369 e. The smallest absolute Gasteiger partial charge is 0.188 e. The van der Waals surface area contributed by atoms with Gasteiger partial charge in [0, 0.05) is 24.2 Å². The standard InChI is InChI=1S/C13H17N5S/c1-3-5-14-12-8-16-11(7-17-12)9-19-13-15-6-4-10(2)18-13/h4,6-8H,3,5,9H2,1-2H3,(H,14,17). The van der Waals surface area contributed by atoms with Gasteiger partial charge in [0.15, 0.2) is 5.16 Å². The Kier molecular flexibility index (Phi) is 5.09. The summed E-state index contributed by atoms with van der Waals surface area (Å²) in [5.41, 5.74) is 1.90. The highest BCUT2D eigenvalue weighted by atomic mass is 32.2. The third-order valence-corrected chi connectivity index (χ3v) is 3.28. The van der Waals surface area contributed by atoms with Crippen LogP contribution in [0.15, 0.2) is 29.8 Å². The van der Waals surface area contributed by atoms with Crippen LogP contribution in [0.5, 0.6) is 0 Å². The molecule has 2 aromatic heterocycles. The van der Waals surface area contributed by atoms with Crippen molar-refractivity contribution >= 4 is 17.6 Å². The summed E-state index contributed by atoms with van der Waals surface area (Å²) in [5, 5.41) is 3.97. The van der Waals surface area contributed by atoms with Crippen LogP contribution in [0.3, 0.4) is 0 Å². The highest BCUT2D eigenvalue weighted by Gasteiger charge is 2.01. The molecule has 0 saturated carbocycles. The van der Waals surface area contributed by atoms with Gasteiger partial charge in [-0.05, 0) is 19.4 Å². The van der Waals surface area contributed by atoms with Crippen LogP contribution < -0.4 is 5.32 Å². The molecule has 0 aliphatic carbocycles. The maximum absolute atomic E-state index is 4.37. The number of nitrogens with one attached hydrogen (secondary N) is 1. The molecule has 19 heavy (non-hydrogen) atoms. The maximum Gasteiger partial charge on any atom is 0.188 e. The maximum atomic E-state index is 4.37. The topological polar surface area (TPSA) is 63.6 Å². The Bertz CT molecular complexity index is 515. The van der Waals surface area contributed by atoms with Gasteiger partial charge in [0.05, 0.1) is 18.1 Å². The number of hydrogen-bond donors (Lipinski definition) is 1. The van der Waals surface area contributed by atoms with Gasteiger partial charge in [0.25, 0.3) is 0 Å². The fraction of sp³-hybridized carbons (Fsp3) is 0.385. The molecule has 0 spiro atoms. The minimum Gasteiger partial charge on any atom is -0.369 e. The van der Waals surface area contributed by atoms with E-state index in [-0.39, 0.29) is 0 Å². The minimum atomic E-state index is 0.727. The van der Waals surface area contributed by atoms with Crippen molar-refractivity contribution in [1.29, 1.82) is 0 Å². The second-order valence-corrected chi connectivity index (χ2v) is 5.03. The van der Waals surface area contributed by atoms with Crippen LogP contribution in [0, 0.1) is 6.92 Å². The third kappa shape index (κ3) is 4.48. The molecule has 2 heterocycles. The van der Waals surface area contributed by atoms with E-state index < -0.39 is 0 Å². The predicted molar refractivity (Wildman–Crippen MR) is 77.1 cm³/mol. The molecule has 1 N–H and O–H groups in total. The first-order valence-electron chi connectivity index (χ1n) is 6.25. The summed E-state index contributed by atoms with van der Waals surface area (Å²) in [6.45, 7) is 4.99. The van der Waals surface area contributed by atoms with Gasteiger partial charge < -0.3 is 5.32 Å². The summed E-state index contributed by atoms with van der Waals surface area (Å²) < 4.78 is 0. The molecule has 0 bridgehead atoms. The lowest BCUT2D eigenvalue weighted by atomic mass is 10.4. The van der Waals surface area contributed by atoms with Crippen LogP contribution >= 0.6 is 11.8 Å². The van der Waals surface area contributed by atoms with Crippen molar-refractivity contribution in [3.05, 3.63) is 36.0 Å². The first kappa shape index (κ1) is 13.7. The van der Waals surface area contributed by atoms with Crippen molar-refractivity contribution in [2.75, 3.05) is 11.9 Å². The molecule has 0 aliphatic heterocycles. The van der Waals surface area contributed by atoms with E-state index in [4.69, 9.17) is 0 Å². The zero-order valence-electron chi connectivity index (χ0n) is 11.1. The summed E-state index contributed by atoms with van der Waals surface area (Å²) in [7, 11) is 0. The average Bonchev–Trinajstić information content (AvgIpc) is 2.44. The molecular formula is C13H17N5S. The van der Waals surface area contributed by atoms with E-state index in [0.29, 0.717) is 0 Å². The molecule has 0 saturated heterocycles. The van der Waals surface area contributed by atoms with Crippen LogP contribution in [0.4, 0.5) is 5.82 Å². The highest BCUT2D eigenvalue weighted by molar-refractivity contribution is 7.98. The van der Waals surface area contributed by atoms with Crippen LogP contribution in [0.1, 0.15) is 24.7 Å². The first-order valence-corrected chi connectivity index (χ1v) is 7.23. The summed E-state index contributed by atoms with van der Waals surface area (Å²) in [4.78, 5) is 17.2. The van der Waals surface area contributed by atoms with E-state index in [1.165, 1.54) is 0 Å². The monoisotopic (exact) mass is 275 g/mol. The lowest BCUT2D eigenvalue weighted by Crippen LogP contribution is -2.03. The summed E-state index contributed by atoms with van der Waals surface area (Å²) in [5.74, 6) is 1.55. The van der Waals surface area contributed by atoms with Crippen molar-refractivity contribution in [3.8, 4) is 0 Å². The normalized spacial score (nSPS) is 10.4. The van der Waals surface area contributed by atoms with Gasteiger partial charge in [-0.15, -0.1) is 0 Å². The Hall–Kier alpha value is -1.69. The Labute approximate surface area is 117 Å². The van der Waals surface area contributed by atoms with E-state index in [9.17, 15) is 0 Å². The van der Waals surface area contributed by atoms with Crippen molar-refractivity contribution in [3.63, 3.8) is 0 Å². The van der Waals surface area contributed by atoms with Gasteiger partial charge in [0.1, 0.15) is 5.82 Å². The molecule has 0 unspecified atom stereocenters. The number of anilines is 1. The number of aromatic nitrogens is 4. The van der Waals surface area contributed by atoms with Gasteiger partial charge in [-0.1, -0.05) is 18.7 Å². The lowest BCUT2D eigenvalue weighted by Gasteiger charge is -2.04. The average molecular weight is 275 g/mol. The molecule has 5 nitrogen and oxygen atoms in total. The lowest BCUT2D eigenvalue weighted by molar-refractivity contribution is 0.929. The summed E-state index contributed by atoms with van der Waals surface area (Å²) in [6, 6.07) is 1.89. The summed E-state index contributed by atoms with van der Waals surface area (Å²) >= 11 is 1.57. The number of aryl methyl sites for hydroxylation is 1. The molecule has 0 atom stereocenters. The first-order chi connectivity index (χ1) is 9.28. The fourth-order valence-corrected chi connectivity index (χ4v) is 2.18. The minimum absolute atomic E-state index is 0.727.